The van der Waals surface area contributed by atoms with E-state index in [1.165, 1.54) is 0 Å². The van der Waals surface area contributed by atoms with Gasteiger partial charge >= 0.3 is 6.69 Å². The van der Waals surface area contributed by atoms with E-state index in [0.717, 1.165) is 10.4 Å². The summed E-state index contributed by atoms with van der Waals surface area (Å²) < 4.78 is 0. The lowest BCUT2D eigenvalue weighted by Crippen LogP contribution is -2.48. The Hall–Kier alpha value is 0.0338. The lowest BCUT2D eigenvalue weighted by molar-refractivity contribution is 1.74. The highest BCUT2D eigenvalue weighted by atomic mass is 35.7. The average Bonchev–Trinajstić information content (AvgIpc) is 2.42. The van der Waals surface area contributed by atoms with E-state index < -0.39 is 14.8 Å². The van der Waals surface area contributed by atoms with Crippen molar-refractivity contribution in [2.45, 2.75) is 0 Å². The normalized spacial score (nSPS) is 10.4. The minimum Gasteiger partial charge on any atom is -0.155 e. The van der Waals surface area contributed by atoms with E-state index in [1.807, 2.05) is 60.7 Å². The molecular weight excluding hydrogens is 342 g/mol. The molecule has 0 aromatic heterocycles. The van der Waals surface area contributed by atoms with Gasteiger partial charge in [-0.2, -0.15) is 22.2 Å². The summed E-state index contributed by atoms with van der Waals surface area (Å²) >= 11 is 22.8. The van der Waals surface area contributed by atoms with Crippen molar-refractivity contribution in [1.29, 1.82) is 0 Å². The van der Waals surface area contributed by atoms with E-state index >= 15 is 0 Å². The lowest BCUT2D eigenvalue weighted by Gasteiger charge is -2.17. The summed E-state index contributed by atoms with van der Waals surface area (Å²) in [7, 11) is -0.639. The van der Waals surface area contributed by atoms with Gasteiger partial charge in [-0.15, -0.1) is 22.2 Å². The molecule has 0 unspecified atom stereocenters. The van der Waals surface area contributed by atoms with E-state index in [0.29, 0.717) is 0 Å². The van der Waals surface area contributed by atoms with Crippen LogP contribution in [0.3, 0.4) is 0 Å². The molecule has 0 amide bonds. The maximum Gasteiger partial charge on any atom is 0.310 e. The molecule has 6 heteroatoms. The van der Waals surface area contributed by atoms with Gasteiger partial charge in [-0.1, -0.05) is 60.7 Å². The Labute approximate surface area is 129 Å². The Morgan fingerprint density at radius 2 is 0.944 bits per heavy atom. The fraction of sp³-hybridized carbons (Fsp3) is 0. The zero-order valence-corrected chi connectivity index (χ0v) is 14.9. The van der Waals surface area contributed by atoms with Crippen molar-refractivity contribution >= 4 is 69.5 Å². The number of halogens is 4. The summed E-state index contributed by atoms with van der Waals surface area (Å²) in [4.78, 5) is 0. The Bertz CT molecular complexity index is 407. The van der Waals surface area contributed by atoms with Gasteiger partial charge in [0.2, 0.25) is 8.14 Å². The molecule has 0 aliphatic rings. The number of hydrogen-bond donors (Lipinski definition) is 0. The fourth-order valence-electron chi connectivity index (χ4n) is 1.46. The number of rotatable bonds is 2. The SMILES string of the molecule is Cl[SiH2]Cl.Cl[Si](Cl)(c1ccccc1)c1ccccc1. The highest BCUT2D eigenvalue weighted by Gasteiger charge is 2.32. The molecule has 18 heavy (non-hydrogen) atoms. The molecule has 0 saturated carbocycles. The molecule has 96 valence electrons. The van der Waals surface area contributed by atoms with Crippen molar-refractivity contribution < 1.29 is 0 Å². The molecule has 2 rings (SSSR count). The van der Waals surface area contributed by atoms with Gasteiger partial charge < -0.3 is 0 Å². The third kappa shape index (κ3) is 4.61. The maximum absolute atomic E-state index is 6.49. The molecule has 2 aromatic rings. The molecule has 0 bridgehead atoms. The van der Waals surface area contributed by atoms with Gasteiger partial charge in [-0.25, -0.2) is 0 Å². The van der Waals surface area contributed by atoms with Crippen LogP contribution in [-0.4, -0.2) is 14.8 Å². The largest absolute Gasteiger partial charge is 0.310 e. The van der Waals surface area contributed by atoms with Crippen molar-refractivity contribution in [1.82, 2.24) is 0 Å². The summed E-state index contributed by atoms with van der Waals surface area (Å²) in [5.41, 5.74) is 0. The van der Waals surface area contributed by atoms with Crippen LogP contribution in [0.25, 0.3) is 0 Å². The number of benzene rings is 2. The molecule has 0 saturated heterocycles. The predicted octanol–water partition coefficient (Wildman–Crippen LogP) is 3.18. The summed E-state index contributed by atoms with van der Waals surface area (Å²) in [6.07, 6.45) is 0. The summed E-state index contributed by atoms with van der Waals surface area (Å²) in [6, 6.07) is 19.7. The average molecular weight is 354 g/mol. The van der Waals surface area contributed by atoms with Crippen molar-refractivity contribution in [2.75, 3.05) is 0 Å². The first kappa shape index (κ1) is 16.1. The zero-order chi connectivity index (χ0) is 13.4. The molecule has 0 spiro atoms. The van der Waals surface area contributed by atoms with Crippen LogP contribution >= 0.6 is 44.3 Å². The predicted molar refractivity (Wildman–Crippen MR) is 89.9 cm³/mol. The fourth-order valence-corrected chi connectivity index (χ4v) is 4.53. The van der Waals surface area contributed by atoms with Gasteiger partial charge in [0.1, 0.15) is 0 Å². The highest BCUT2D eigenvalue weighted by molar-refractivity contribution is 7.56. The minimum atomic E-state index is -2.51. The van der Waals surface area contributed by atoms with Gasteiger partial charge in [0.05, 0.1) is 0 Å². The van der Waals surface area contributed by atoms with E-state index in [9.17, 15) is 0 Å². The molecule has 0 N–H and O–H groups in total. The van der Waals surface area contributed by atoms with Crippen LogP contribution in [0.1, 0.15) is 0 Å². The van der Waals surface area contributed by atoms with Crippen LogP contribution in [0.5, 0.6) is 0 Å². The van der Waals surface area contributed by atoms with Crippen LogP contribution in [0.15, 0.2) is 60.7 Å². The maximum atomic E-state index is 6.49. The van der Waals surface area contributed by atoms with E-state index in [1.54, 1.807) is 0 Å². The minimum absolute atomic E-state index is 0.639. The zero-order valence-electron chi connectivity index (χ0n) is 9.49. The Balaban J connectivity index is 0.000000492. The quantitative estimate of drug-likeness (QED) is 0.574. The standard InChI is InChI=1S/C12H10Cl2Si.Cl2H2Si/c13-15(14,11-7-3-1-4-8-11)12-9-5-2-6-10-12;1-3-2/h1-10H;3H2. The molecule has 0 aliphatic carbocycles. The van der Waals surface area contributed by atoms with Crippen LogP contribution < -0.4 is 10.4 Å². The van der Waals surface area contributed by atoms with E-state index in [-0.39, 0.29) is 0 Å². The highest BCUT2D eigenvalue weighted by Crippen LogP contribution is 2.14. The van der Waals surface area contributed by atoms with E-state index in [2.05, 4.69) is 0 Å². The van der Waals surface area contributed by atoms with Gasteiger partial charge in [0.15, 0.2) is 0 Å². The van der Waals surface area contributed by atoms with Crippen molar-refractivity contribution in [3.05, 3.63) is 60.7 Å². The third-order valence-corrected chi connectivity index (χ3v) is 7.01. The monoisotopic (exact) mass is 352 g/mol. The molecule has 0 radical (unpaired) electrons. The molecular formula is C12H12Cl4Si2. The smallest absolute Gasteiger partial charge is 0.155 e. The first-order chi connectivity index (χ1) is 8.62. The second-order valence-electron chi connectivity index (χ2n) is 3.41. The molecule has 0 aliphatic heterocycles. The van der Waals surface area contributed by atoms with Crippen molar-refractivity contribution in [3.63, 3.8) is 0 Å². The Kier molecular flexibility index (Phi) is 7.38. The molecule has 0 fully saturated rings. The molecule has 0 atom stereocenters. The topological polar surface area (TPSA) is 0 Å². The van der Waals surface area contributed by atoms with Gasteiger partial charge in [0.25, 0.3) is 0 Å². The van der Waals surface area contributed by atoms with Crippen molar-refractivity contribution in [2.24, 2.45) is 0 Å². The molecule has 0 heterocycles. The second-order valence-corrected chi connectivity index (χ2v) is 12.3. The summed E-state index contributed by atoms with van der Waals surface area (Å²) in [5.74, 6) is 0. The van der Waals surface area contributed by atoms with Crippen LogP contribution in [-0.2, 0) is 0 Å². The Morgan fingerprint density at radius 1 is 0.667 bits per heavy atom. The lowest BCUT2D eigenvalue weighted by atomic mass is 10.4. The van der Waals surface area contributed by atoms with E-state index in [4.69, 9.17) is 44.3 Å². The van der Waals surface area contributed by atoms with Gasteiger partial charge in [-0.3, -0.25) is 0 Å². The van der Waals surface area contributed by atoms with Crippen LogP contribution in [0.4, 0.5) is 0 Å². The molecule has 2 aromatic carbocycles. The van der Waals surface area contributed by atoms with Crippen LogP contribution in [0.2, 0.25) is 0 Å². The third-order valence-electron chi connectivity index (χ3n) is 2.27. The summed E-state index contributed by atoms with van der Waals surface area (Å²) in [6.45, 7) is -2.51. The number of hydrogen-bond acceptors (Lipinski definition) is 0. The van der Waals surface area contributed by atoms with Crippen molar-refractivity contribution in [3.8, 4) is 0 Å². The molecule has 0 nitrogen and oxygen atoms in total. The van der Waals surface area contributed by atoms with Crippen LogP contribution in [0, 0.1) is 0 Å². The first-order valence-electron chi connectivity index (χ1n) is 5.23. The summed E-state index contributed by atoms with van der Waals surface area (Å²) in [5, 5.41) is 2.05. The Morgan fingerprint density at radius 3 is 1.22 bits per heavy atom. The van der Waals surface area contributed by atoms with Gasteiger partial charge in [0, 0.05) is 0 Å². The second kappa shape index (κ2) is 8.25. The van der Waals surface area contributed by atoms with Gasteiger partial charge in [-0.05, 0) is 10.4 Å². The first-order valence-corrected chi connectivity index (χ1v) is 13.5.